The van der Waals surface area contributed by atoms with Crippen molar-refractivity contribution in [2.45, 2.75) is 12.5 Å². The van der Waals surface area contributed by atoms with Gasteiger partial charge in [-0.2, -0.15) is 0 Å². The molecule has 1 N–H and O–H groups in total. The molecule has 0 aromatic heterocycles. The van der Waals surface area contributed by atoms with E-state index < -0.39 is 6.10 Å². The highest BCUT2D eigenvalue weighted by Gasteiger charge is 2.18. The summed E-state index contributed by atoms with van der Waals surface area (Å²) in [6.45, 7) is 3.94. The third-order valence-electron chi connectivity index (χ3n) is 3.05. The number of hydrogen-bond acceptors (Lipinski definition) is 2. The third-order valence-corrected chi connectivity index (χ3v) is 3.58. The van der Waals surface area contributed by atoms with Gasteiger partial charge in [0.15, 0.2) is 5.78 Å². The molecule has 0 spiro atoms. The SMILES string of the molecule is C=C(CC(O)C(=O)c1ccc(Br)cc1)c1ccccc1. The number of ketones is 1. The maximum Gasteiger partial charge on any atom is 0.191 e. The first-order valence-corrected chi connectivity index (χ1v) is 7.08. The van der Waals surface area contributed by atoms with E-state index in [1.807, 2.05) is 30.3 Å². The average Bonchev–Trinajstić information content (AvgIpc) is 2.48. The maximum atomic E-state index is 12.1. The molecule has 2 rings (SSSR count). The topological polar surface area (TPSA) is 37.3 Å². The molecular weight excluding hydrogens is 316 g/mol. The number of carbonyl (C=O) groups is 1. The van der Waals surface area contributed by atoms with Gasteiger partial charge in [-0.15, -0.1) is 0 Å². The van der Waals surface area contributed by atoms with Crippen LogP contribution in [0.15, 0.2) is 65.6 Å². The van der Waals surface area contributed by atoms with Gasteiger partial charge in [0.1, 0.15) is 6.10 Å². The minimum absolute atomic E-state index is 0.235. The lowest BCUT2D eigenvalue weighted by molar-refractivity contribution is 0.0757. The van der Waals surface area contributed by atoms with Crippen LogP contribution in [0.4, 0.5) is 0 Å². The van der Waals surface area contributed by atoms with Crippen molar-refractivity contribution in [2.75, 3.05) is 0 Å². The van der Waals surface area contributed by atoms with Crippen LogP contribution in [0.1, 0.15) is 22.3 Å². The number of halogens is 1. The number of aliphatic hydroxyl groups excluding tert-OH is 1. The van der Waals surface area contributed by atoms with Gasteiger partial charge in [-0.3, -0.25) is 4.79 Å². The van der Waals surface area contributed by atoms with Crippen molar-refractivity contribution in [1.29, 1.82) is 0 Å². The number of Topliss-reactive ketones (excluding diaryl/α,β-unsaturated/α-hetero) is 1. The second-order valence-electron chi connectivity index (χ2n) is 4.56. The molecule has 3 heteroatoms. The maximum absolute atomic E-state index is 12.1. The summed E-state index contributed by atoms with van der Waals surface area (Å²) < 4.78 is 0.900. The quantitative estimate of drug-likeness (QED) is 0.838. The molecule has 0 aliphatic heterocycles. The van der Waals surface area contributed by atoms with Gasteiger partial charge in [0.05, 0.1) is 0 Å². The van der Waals surface area contributed by atoms with Gasteiger partial charge in [0.2, 0.25) is 0 Å². The van der Waals surface area contributed by atoms with E-state index in [-0.39, 0.29) is 12.2 Å². The van der Waals surface area contributed by atoms with E-state index in [0.29, 0.717) is 5.56 Å². The zero-order valence-electron chi connectivity index (χ0n) is 10.9. The summed E-state index contributed by atoms with van der Waals surface area (Å²) in [7, 11) is 0. The molecule has 0 heterocycles. The molecule has 1 unspecified atom stereocenters. The second-order valence-corrected chi connectivity index (χ2v) is 5.48. The Morgan fingerprint density at radius 3 is 2.25 bits per heavy atom. The van der Waals surface area contributed by atoms with Gasteiger partial charge in [0.25, 0.3) is 0 Å². The van der Waals surface area contributed by atoms with Crippen LogP contribution in [-0.2, 0) is 0 Å². The zero-order valence-corrected chi connectivity index (χ0v) is 12.5. The first kappa shape index (κ1) is 14.7. The van der Waals surface area contributed by atoms with E-state index in [1.165, 1.54) is 0 Å². The minimum Gasteiger partial charge on any atom is -0.385 e. The van der Waals surface area contributed by atoms with Crippen molar-refractivity contribution < 1.29 is 9.90 Å². The van der Waals surface area contributed by atoms with E-state index in [1.54, 1.807) is 24.3 Å². The van der Waals surface area contributed by atoms with Gasteiger partial charge in [0, 0.05) is 16.5 Å². The fourth-order valence-electron chi connectivity index (χ4n) is 1.92. The fourth-order valence-corrected chi connectivity index (χ4v) is 2.19. The molecule has 0 radical (unpaired) electrons. The Morgan fingerprint density at radius 2 is 1.65 bits per heavy atom. The van der Waals surface area contributed by atoms with E-state index in [4.69, 9.17) is 0 Å². The third kappa shape index (κ3) is 3.65. The lowest BCUT2D eigenvalue weighted by Gasteiger charge is -2.12. The van der Waals surface area contributed by atoms with Crippen LogP contribution in [0.2, 0.25) is 0 Å². The molecule has 2 aromatic rings. The smallest absolute Gasteiger partial charge is 0.191 e. The van der Waals surface area contributed by atoms with Crippen molar-refractivity contribution in [3.63, 3.8) is 0 Å². The Kier molecular flexibility index (Phi) is 4.88. The van der Waals surface area contributed by atoms with Crippen molar-refractivity contribution >= 4 is 27.3 Å². The minimum atomic E-state index is -1.07. The Bertz CT molecular complexity index is 603. The Morgan fingerprint density at radius 1 is 1.05 bits per heavy atom. The highest BCUT2D eigenvalue weighted by atomic mass is 79.9. The normalized spacial score (nSPS) is 11.9. The predicted molar refractivity (Wildman–Crippen MR) is 84.6 cm³/mol. The van der Waals surface area contributed by atoms with Gasteiger partial charge in [-0.05, 0) is 23.3 Å². The average molecular weight is 331 g/mol. The summed E-state index contributed by atoms with van der Waals surface area (Å²) in [5, 5.41) is 10.1. The number of benzene rings is 2. The van der Waals surface area contributed by atoms with E-state index in [0.717, 1.165) is 15.6 Å². The van der Waals surface area contributed by atoms with Crippen LogP contribution in [0, 0.1) is 0 Å². The highest BCUT2D eigenvalue weighted by molar-refractivity contribution is 9.10. The summed E-state index contributed by atoms with van der Waals surface area (Å²) in [6.07, 6.45) is -0.831. The summed E-state index contributed by atoms with van der Waals surface area (Å²) in [6, 6.07) is 16.5. The van der Waals surface area contributed by atoms with Crippen LogP contribution >= 0.6 is 15.9 Å². The molecule has 2 nitrogen and oxygen atoms in total. The zero-order chi connectivity index (χ0) is 14.5. The highest BCUT2D eigenvalue weighted by Crippen LogP contribution is 2.20. The van der Waals surface area contributed by atoms with Crippen LogP contribution in [0.3, 0.4) is 0 Å². The lowest BCUT2D eigenvalue weighted by atomic mass is 9.97. The Hall–Kier alpha value is -1.71. The molecule has 0 aliphatic rings. The van der Waals surface area contributed by atoms with Crippen LogP contribution < -0.4 is 0 Å². The second kappa shape index (κ2) is 6.64. The number of aliphatic hydroxyl groups is 1. The molecule has 0 saturated heterocycles. The summed E-state index contributed by atoms with van der Waals surface area (Å²) in [5.74, 6) is -0.283. The van der Waals surface area contributed by atoms with Gasteiger partial charge in [-0.25, -0.2) is 0 Å². The number of carbonyl (C=O) groups excluding carboxylic acids is 1. The van der Waals surface area contributed by atoms with Gasteiger partial charge < -0.3 is 5.11 Å². The molecule has 0 bridgehead atoms. The fraction of sp³-hybridized carbons (Fsp3) is 0.118. The standard InChI is InChI=1S/C17H15BrO2/c1-12(13-5-3-2-4-6-13)11-16(19)17(20)14-7-9-15(18)10-8-14/h2-10,16,19H,1,11H2. The molecule has 1 atom stereocenters. The first-order chi connectivity index (χ1) is 9.58. The predicted octanol–water partition coefficient (Wildman–Crippen LogP) is 4.10. The molecule has 102 valence electrons. The monoisotopic (exact) mass is 330 g/mol. The molecule has 0 amide bonds. The summed E-state index contributed by atoms with van der Waals surface area (Å²) >= 11 is 3.31. The molecule has 0 fully saturated rings. The van der Waals surface area contributed by atoms with E-state index in [9.17, 15) is 9.90 Å². The van der Waals surface area contributed by atoms with E-state index in [2.05, 4.69) is 22.5 Å². The number of rotatable bonds is 5. The molecule has 2 aromatic carbocycles. The van der Waals surface area contributed by atoms with Gasteiger partial charge in [-0.1, -0.05) is 65.0 Å². The largest absolute Gasteiger partial charge is 0.385 e. The molecule has 0 saturated carbocycles. The summed E-state index contributed by atoms with van der Waals surface area (Å²) in [4.78, 5) is 12.1. The van der Waals surface area contributed by atoms with E-state index >= 15 is 0 Å². The first-order valence-electron chi connectivity index (χ1n) is 6.29. The van der Waals surface area contributed by atoms with Crippen LogP contribution in [-0.4, -0.2) is 17.0 Å². The van der Waals surface area contributed by atoms with Crippen LogP contribution in [0.5, 0.6) is 0 Å². The molecule has 20 heavy (non-hydrogen) atoms. The number of hydrogen-bond donors (Lipinski definition) is 1. The van der Waals surface area contributed by atoms with Gasteiger partial charge >= 0.3 is 0 Å². The molecular formula is C17H15BrO2. The Labute approximate surface area is 126 Å². The molecule has 0 aliphatic carbocycles. The van der Waals surface area contributed by atoms with Crippen LogP contribution in [0.25, 0.3) is 5.57 Å². The lowest BCUT2D eigenvalue weighted by Crippen LogP contribution is -2.20. The Balaban J connectivity index is 2.05. The van der Waals surface area contributed by atoms with Crippen molar-refractivity contribution in [3.05, 3.63) is 76.8 Å². The van der Waals surface area contributed by atoms with Crippen molar-refractivity contribution in [2.24, 2.45) is 0 Å². The summed E-state index contributed by atoms with van der Waals surface area (Å²) in [5.41, 5.74) is 2.19. The van der Waals surface area contributed by atoms with Crippen molar-refractivity contribution in [1.82, 2.24) is 0 Å². The van der Waals surface area contributed by atoms with Crippen molar-refractivity contribution in [3.8, 4) is 0 Å².